The van der Waals surface area contributed by atoms with E-state index < -0.39 is 23.6 Å². The van der Waals surface area contributed by atoms with Gasteiger partial charge in [0.05, 0.1) is 0 Å². The van der Waals surface area contributed by atoms with Crippen LogP contribution in [-0.4, -0.2) is 18.0 Å². The summed E-state index contributed by atoms with van der Waals surface area (Å²) in [6, 6.07) is 14.7. The SMILES string of the molecule is CC(=O)O[C@H]1Cc2ccccc2[C@]1(OC(C)=O)c1ccccc1Cl. The molecule has 3 rings (SSSR count). The lowest BCUT2D eigenvalue weighted by molar-refractivity contribution is -0.176. The van der Waals surface area contributed by atoms with Gasteiger partial charge in [-0.2, -0.15) is 0 Å². The van der Waals surface area contributed by atoms with Crippen molar-refractivity contribution >= 4 is 23.5 Å². The minimum atomic E-state index is -1.24. The van der Waals surface area contributed by atoms with Crippen LogP contribution < -0.4 is 0 Å². The van der Waals surface area contributed by atoms with Crippen LogP contribution in [0.5, 0.6) is 0 Å². The van der Waals surface area contributed by atoms with Gasteiger partial charge < -0.3 is 9.47 Å². The number of ether oxygens (including phenoxy) is 2. The maximum atomic E-state index is 11.9. The van der Waals surface area contributed by atoms with E-state index in [9.17, 15) is 9.59 Å². The van der Waals surface area contributed by atoms with E-state index in [0.29, 0.717) is 17.0 Å². The molecule has 1 aliphatic carbocycles. The van der Waals surface area contributed by atoms with Crippen molar-refractivity contribution in [1.29, 1.82) is 0 Å². The zero-order chi connectivity index (χ0) is 17.3. The summed E-state index contributed by atoms with van der Waals surface area (Å²) in [6.07, 6.45) is -0.218. The van der Waals surface area contributed by atoms with Gasteiger partial charge >= 0.3 is 11.9 Å². The van der Waals surface area contributed by atoms with Crippen LogP contribution in [0.4, 0.5) is 0 Å². The molecule has 0 aliphatic heterocycles. The van der Waals surface area contributed by atoms with Crippen LogP contribution in [0.15, 0.2) is 48.5 Å². The molecular formula is C19H17ClO4. The molecule has 24 heavy (non-hydrogen) atoms. The van der Waals surface area contributed by atoms with Crippen LogP contribution in [0.25, 0.3) is 0 Å². The highest BCUT2D eigenvalue weighted by Gasteiger charge is 2.54. The second-order valence-electron chi connectivity index (χ2n) is 5.77. The minimum absolute atomic E-state index is 0.434. The molecule has 0 fully saturated rings. The van der Waals surface area contributed by atoms with E-state index >= 15 is 0 Å². The molecule has 0 unspecified atom stereocenters. The Hall–Kier alpha value is -2.33. The van der Waals surface area contributed by atoms with E-state index in [4.69, 9.17) is 21.1 Å². The zero-order valence-corrected chi connectivity index (χ0v) is 14.2. The van der Waals surface area contributed by atoms with Crippen LogP contribution in [0, 0.1) is 0 Å². The van der Waals surface area contributed by atoms with Crippen LogP contribution in [0.2, 0.25) is 5.02 Å². The molecule has 2 atom stereocenters. The molecule has 0 heterocycles. The van der Waals surface area contributed by atoms with Gasteiger partial charge in [-0.05, 0) is 11.6 Å². The first-order valence-corrected chi connectivity index (χ1v) is 8.03. The zero-order valence-electron chi connectivity index (χ0n) is 13.4. The second-order valence-corrected chi connectivity index (χ2v) is 6.18. The molecule has 0 radical (unpaired) electrons. The Labute approximate surface area is 145 Å². The molecule has 2 aromatic rings. The fourth-order valence-corrected chi connectivity index (χ4v) is 3.66. The van der Waals surface area contributed by atoms with Gasteiger partial charge in [-0.1, -0.05) is 54.1 Å². The fourth-order valence-electron chi connectivity index (χ4n) is 3.39. The summed E-state index contributed by atoms with van der Waals surface area (Å²) in [5.74, 6) is -0.903. The van der Waals surface area contributed by atoms with Crippen molar-refractivity contribution in [2.24, 2.45) is 0 Å². The first kappa shape index (κ1) is 16.5. The van der Waals surface area contributed by atoms with Crippen molar-refractivity contribution in [3.63, 3.8) is 0 Å². The number of hydrogen-bond acceptors (Lipinski definition) is 4. The third kappa shape index (κ3) is 2.67. The van der Waals surface area contributed by atoms with Crippen LogP contribution in [-0.2, 0) is 31.1 Å². The molecule has 0 bridgehead atoms. The predicted molar refractivity (Wildman–Crippen MR) is 89.7 cm³/mol. The number of benzene rings is 2. The summed E-state index contributed by atoms with van der Waals surface area (Å²) < 4.78 is 11.4. The maximum Gasteiger partial charge on any atom is 0.304 e. The summed E-state index contributed by atoms with van der Waals surface area (Å²) in [5, 5.41) is 0.451. The molecular weight excluding hydrogens is 328 g/mol. The van der Waals surface area contributed by atoms with Crippen molar-refractivity contribution in [2.75, 3.05) is 0 Å². The molecule has 0 N–H and O–H groups in total. The van der Waals surface area contributed by atoms with Crippen molar-refractivity contribution in [1.82, 2.24) is 0 Å². The quantitative estimate of drug-likeness (QED) is 0.798. The average molecular weight is 345 g/mol. The number of carbonyl (C=O) groups is 2. The summed E-state index contributed by atoms with van der Waals surface area (Å²) in [4.78, 5) is 23.6. The maximum absolute atomic E-state index is 11.9. The number of hydrogen-bond donors (Lipinski definition) is 0. The molecule has 0 aromatic heterocycles. The lowest BCUT2D eigenvalue weighted by Gasteiger charge is -2.36. The number of carbonyl (C=O) groups excluding carboxylic acids is 2. The summed E-state index contributed by atoms with van der Waals surface area (Å²) in [7, 11) is 0. The van der Waals surface area contributed by atoms with E-state index in [-0.39, 0.29) is 0 Å². The Kier molecular flexibility index (Phi) is 4.33. The molecule has 124 valence electrons. The normalized spacial score (nSPS) is 21.9. The minimum Gasteiger partial charge on any atom is -0.457 e. The van der Waals surface area contributed by atoms with Gasteiger partial charge in [-0.15, -0.1) is 0 Å². The standard InChI is InChI=1S/C19H17ClO4/c1-12(21)23-18-11-14-7-3-4-8-15(14)19(18,24-13(2)22)16-9-5-6-10-17(16)20/h3-10,18H,11H2,1-2H3/t18-,19-/m0/s1. The summed E-state index contributed by atoms with van der Waals surface area (Å²) >= 11 is 6.41. The lowest BCUT2D eigenvalue weighted by Crippen LogP contribution is -2.44. The molecule has 0 amide bonds. The van der Waals surface area contributed by atoms with Crippen LogP contribution in [0.1, 0.15) is 30.5 Å². The van der Waals surface area contributed by atoms with Crippen molar-refractivity contribution in [3.05, 3.63) is 70.2 Å². The third-order valence-electron chi connectivity index (χ3n) is 4.16. The van der Waals surface area contributed by atoms with Crippen molar-refractivity contribution in [2.45, 2.75) is 32.0 Å². The first-order valence-electron chi connectivity index (χ1n) is 7.65. The Morgan fingerprint density at radius 3 is 2.25 bits per heavy atom. The average Bonchev–Trinajstić information content (AvgIpc) is 2.81. The Morgan fingerprint density at radius 2 is 1.62 bits per heavy atom. The molecule has 2 aromatic carbocycles. The van der Waals surface area contributed by atoms with Gasteiger partial charge in [0.2, 0.25) is 5.60 Å². The molecule has 0 saturated heterocycles. The predicted octanol–water partition coefficient (Wildman–Crippen LogP) is 3.63. The highest BCUT2D eigenvalue weighted by molar-refractivity contribution is 6.31. The number of rotatable bonds is 3. The summed E-state index contributed by atoms with van der Waals surface area (Å²) in [5.41, 5.74) is 1.12. The van der Waals surface area contributed by atoms with Crippen molar-refractivity contribution in [3.8, 4) is 0 Å². The lowest BCUT2D eigenvalue weighted by atomic mass is 9.85. The molecule has 0 spiro atoms. The Balaban J connectivity index is 2.28. The van der Waals surface area contributed by atoms with Gasteiger partial charge in [0.25, 0.3) is 0 Å². The van der Waals surface area contributed by atoms with E-state index in [1.54, 1.807) is 18.2 Å². The van der Waals surface area contributed by atoms with Gasteiger partial charge in [0, 0.05) is 36.4 Å². The molecule has 5 heteroatoms. The smallest absolute Gasteiger partial charge is 0.304 e. The number of halogens is 1. The molecule has 1 aliphatic rings. The van der Waals surface area contributed by atoms with Crippen molar-refractivity contribution < 1.29 is 19.1 Å². The van der Waals surface area contributed by atoms with Gasteiger partial charge in [-0.3, -0.25) is 9.59 Å². The van der Waals surface area contributed by atoms with Crippen LogP contribution in [0.3, 0.4) is 0 Å². The van der Waals surface area contributed by atoms with E-state index in [1.807, 2.05) is 30.3 Å². The Bertz CT molecular complexity index is 801. The molecule has 4 nitrogen and oxygen atoms in total. The number of fused-ring (bicyclic) bond motifs is 1. The van der Waals surface area contributed by atoms with E-state index in [2.05, 4.69) is 0 Å². The van der Waals surface area contributed by atoms with E-state index in [0.717, 1.165) is 11.1 Å². The largest absolute Gasteiger partial charge is 0.457 e. The number of esters is 2. The van der Waals surface area contributed by atoms with E-state index in [1.165, 1.54) is 13.8 Å². The third-order valence-corrected chi connectivity index (χ3v) is 4.49. The summed E-state index contributed by atoms with van der Waals surface area (Å²) in [6.45, 7) is 2.68. The van der Waals surface area contributed by atoms with Gasteiger partial charge in [0.1, 0.15) is 0 Å². The first-order chi connectivity index (χ1) is 11.4. The topological polar surface area (TPSA) is 52.6 Å². The Morgan fingerprint density at radius 1 is 1.00 bits per heavy atom. The molecule has 0 saturated carbocycles. The second kappa shape index (κ2) is 6.29. The van der Waals surface area contributed by atoms with Gasteiger partial charge in [0.15, 0.2) is 6.10 Å². The highest BCUT2D eigenvalue weighted by atomic mass is 35.5. The monoisotopic (exact) mass is 344 g/mol. The van der Waals surface area contributed by atoms with Crippen LogP contribution >= 0.6 is 11.6 Å². The highest BCUT2D eigenvalue weighted by Crippen LogP contribution is 2.48. The van der Waals surface area contributed by atoms with Gasteiger partial charge in [-0.25, -0.2) is 0 Å². The fraction of sp³-hybridized carbons (Fsp3) is 0.263.